The zero-order valence-electron chi connectivity index (χ0n) is 15.1. The number of nitrogens with zero attached hydrogens (tertiary/aromatic N) is 3. The van der Waals surface area contributed by atoms with E-state index < -0.39 is 10.0 Å². The van der Waals surface area contributed by atoms with Crippen molar-refractivity contribution in [1.82, 2.24) is 14.3 Å². The van der Waals surface area contributed by atoms with E-state index in [-0.39, 0.29) is 16.8 Å². The predicted octanol–water partition coefficient (Wildman–Crippen LogP) is 2.25. The molecule has 1 aromatic heterocycles. The number of carbonyl (C=O) groups excluding carboxylic acids is 1. The number of carbonyl (C=O) groups is 1. The second kappa shape index (κ2) is 7.13. The van der Waals surface area contributed by atoms with Crippen LogP contribution in [0.2, 0.25) is 0 Å². The van der Waals surface area contributed by atoms with Crippen LogP contribution in [-0.2, 0) is 22.9 Å². The Balaban J connectivity index is 1.79. The molecule has 26 heavy (non-hydrogen) atoms. The summed E-state index contributed by atoms with van der Waals surface area (Å²) in [6.07, 6.45) is 4.21. The molecule has 3 rings (SSSR count). The van der Waals surface area contributed by atoms with Crippen molar-refractivity contribution in [2.75, 3.05) is 12.4 Å². The summed E-state index contributed by atoms with van der Waals surface area (Å²) in [5, 5.41) is 2.81. The minimum Gasteiger partial charge on any atom is -0.306 e. The summed E-state index contributed by atoms with van der Waals surface area (Å²) >= 11 is 0. The molecule has 0 saturated carbocycles. The molecule has 138 valence electrons. The zero-order valence-corrected chi connectivity index (χ0v) is 15.9. The van der Waals surface area contributed by atoms with Gasteiger partial charge in [0.1, 0.15) is 12.1 Å². The molecule has 0 fully saturated rings. The molecule has 1 aliphatic carbocycles. The highest BCUT2D eigenvalue weighted by Gasteiger charge is 2.23. The van der Waals surface area contributed by atoms with E-state index in [9.17, 15) is 13.2 Å². The third-order valence-corrected chi connectivity index (χ3v) is 6.68. The van der Waals surface area contributed by atoms with Gasteiger partial charge in [-0.05, 0) is 57.4 Å². The van der Waals surface area contributed by atoms with Crippen molar-refractivity contribution < 1.29 is 13.2 Å². The van der Waals surface area contributed by atoms with Crippen LogP contribution >= 0.6 is 0 Å². The van der Waals surface area contributed by atoms with Crippen molar-refractivity contribution in [2.45, 2.75) is 44.0 Å². The van der Waals surface area contributed by atoms with Gasteiger partial charge in [-0.25, -0.2) is 18.4 Å². The van der Waals surface area contributed by atoms with Crippen LogP contribution in [0.3, 0.4) is 0 Å². The lowest BCUT2D eigenvalue weighted by molar-refractivity contribution is 0.102. The molecule has 0 atom stereocenters. The van der Waals surface area contributed by atoms with Gasteiger partial charge < -0.3 is 5.32 Å². The Labute approximate surface area is 153 Å². The Hall–Kier alpha value is -2.32. The summed E-state index contributed by atoms with van der Waals surface area (Å²) in [7, 11) is -2.03. The quantitative estimate of drug-likeness (QED) is 0.866. The van der Waals surface area contributed by atoms with Crippen molar-refractivity contribution >= 4 is 21.7 Å². The number of hydrogen-bond donors (Lipinski definition) is 1. The summed E-state index contributed by atoms with van der Waals surface area (Å²) in [6, 6.07) is 5.78. The SMILES string of the molecule is CC(C)N(C)S(=O)(=O)c1ccc(C(=O)Nc2ncnc3c2CCC3)cc1. The van der Waals surface area contributed by atoms with Gasteiger partial charge in [0.05, 0.1) is 4.90 Å². The lowest BCUT2D eigenvalue weighted by atomic mass is 10.2. The van der Waals surface area contributed by atoms with Crippen LogP contribution in [0.15, 0.2) is 35.5 Å². The van der Waals surface area contributed by atoms with Crippen LogP contribution in [0.4, 0.5) is 5.82 Å². The molecule has 1 heterocycles. The fourth-order valence-electron chi connectivity index (χ4n) is 2.87. The minimum absolute atomic E-state index is 0.150. The first-order valence-corrected chi connectivity index (χ1v) is 9.97. The number of hydrogen-bond acceptors (Lipinski definition) is 5. The summed E-state index contributed by atoms with van der Waals surface area (Å²) in [6.45, 7) is 3.61. The van der Waals surface area contributed by atoms with E-state index in [0.717, 1.165) is 30.5 Å². The lowest BCUT2D eigenvalue weighted by Crippen LogP contribution is -2.33. The average Bonchev–Trinajstić information content (AvgIpc) is 3.10. The number of fused-ring (bicyclic) bond motifs is 1. The summed E-state index contributed by atoms with van der Waals surface area (Å²) in [5.74, 6) is 0.215. The number of rotatable bonds is 5. The van der Waals surface area contributed by atoms with E-state index in [4.69, 9.17) is 0 Å². The summed E-state index contributed by atoms with van der Waals surface area (Å²) in [5.41, 5.74) is 2.34. The van der Waals surface area contributed by atoms with E-state index in [2.05, 4.69) is 15.3 Å². The van der Waals surface area contributed by atoms with Crippen LogP contribution in [0.25, 0.3) is 0 Å². The van der Waals surface area contributed by atoms with Crippen molar-refractivity contribution in [3.63, 3.8) is 0 Å². The van der Waals surface area contributed by atoms with Crippen LogP contribution in [0, 0.1) is 0 Å². The Morgan fingerprint density at radius 3 is 2.50 bits per heavy atom. The van der Waals surface area contributed by atoms with Crippen molar-refractivity contribution in [3.05, 3.63) is 47.4 Å². The fourth-order valence-corrected chi connectivity index (χ4v) is 4.24. The molecular weight excluding hydrogens is 352 g/mol. The maximum absolute atomic E-state index is 12.5. The van der Waals surface area contributed by atoms with Gasteiger partial charge in [-0.2, -0.15) is 4.31 Å². The number of amides is 1. The molecule has 1 amide bonds. The smallest absolute Gasteiger partial charge is 0.256 e. The summed E-state index contributed by atoms with van der Waals surface area (Å²) < 4.78 is 26.3. The molecule has 0 radical (unpaired) electrons. The maximum atomic E-state index is 12.5. The van der Waals surface area contributed by atoms with E-state index in [1.54, 1.807) is 13.8 Å². The number of anilines is 1. The average molecular weight is 374 g/mol. The molecule has 0 unspecified atom stereocenters. The van der Waals surface area contributed by atoms with E-state index in [1.165, 1.54) is 41.9 Å². The second-order valence-corrected chi connectivity index (χ2v) is 8.59. The number of nitrogens with one attached hydrogen (secondary N) is 1. The second-order valence-electron chi connectivity index (χ2n) is 6.59. The Bertz CT molecular complexity index is 924. The maximum Gasteiger partial charge on any atom is 0.256 e. The standard InChI is InChI=1S/C18H22N4O3S/c1-12(2)22(3)26(24,25)14-9-7-13(8-10-14)18(23)21-17-15-5-4-6-16(15)19-11-20-17/h7-12H,4-6H2,1-3H3,(H,19,20,21,23). The van der Waals surface area contributed by atoms with Gasteiger partial charge >= 0.3 is 0 Å². The van der Waals surface area contributed by atoms with Crippen molar-refractivity contribution in [3.8, 4) is 0 Å². The van der Waals surface area contributed by atoms with Gasteiger partial charge in [-0.1, -0.05) is 0 Å². The van der Waals surface area contributed by atoms with Crippen LogP contribution < -0.4 is 5.32 Å². The highest BCUT2D eigenvalue weighted by atomic mass is 32.2. The largest absolute Gasteiger partial charge is 0.306 e. The Kier molecular flexibility index (Phi) is 5.06. The van der Waals surface area contributed by atoms with Crippen LogP contribution in [-0.4, -0.2) is 41.7 Å². The molecular formula is C18H22N4O3S. The highest BCUT2D eigenvalue weighted by molar-refractivity contribution is 7.89. The van der Waals surface area contributed by atoms with Crippen LogP contribution in [0.5, 0.6) is 0 Å². The number of sulfonamides is 1. The molecule has 1 aliphatic rings. The number of aromatic nitrogens is 2. The molecule has 0 bridgehead atoms. The summed E-state index contributed by atoms with van der Waals surface area (Å²) in [4.78, 5) is 21.1. The van der Waals surface area contributed by atoms with Gasteiger partial charge in [0.2, 0.25) is 10.0 Å². The van der Waals surface area contributed by atoms with Gasteiger partial charge in [0.25, 0.3) is 5.91 Å². The monoisotopic (exact) mass is 374 g/mol. The van der Waals surface area contributed by atoms with E-state index >= 15 is 0 Å². The van der Waals surface area contributed by atoms with Gasteiger partial charge in [-0.3, -0.25) is 4.79 Å². The molecule has 8 heteroatoms. The molecule has 0 aliphatic heterocycles. The Morgan fingerprint density at radius 2 is 1.85 bits per heavy atom. The Morgan fingerprint density at radius 1 is 1.15 bits per heavy atom. The van der Waals surface area contributed by atoms with Crippen LogP contribution in [0.1, 0.15) is 41.9 Å². The van der Waals surface area contributed by atoms with Gasteiger partial charge in [-0.15, -0.1) is 0 Å². The minimum atomic E-state index is -3.57. The topological polar surface area (TPSA) is 92.3 Å². The number of aryl methyl sites for hydroxylation is 1. The van der Waals surface area contributed by atoms with E-state index in [0.29, 0.717) is 11.4 Å². The first-order valence-electron chi connectivity index (χ1n) is 8.53. The molecule has 0 saturated heterocycles. The number of benzene rings is 1. The zero-order chi connectivity index (χ0) is 18.9. The molecule has 2 aromatic rings. The lowest BCUT2D eigenvalue weighted by Gasteiger charge is -2.21. The normalized spacial score (nSPS) is 13.9. The highest BCUT2D eigenvalue weighted by Crippen LogP contribution is 2.25. The van der Waals surface area contributed by atoms with Crippen molar-refractivity contribution in [2.24, 2.45) is 0 Å². The van der Waals surface area contributed by atoms with E-state index in [1.807, 2.05) is 0 Å². The molecule has 7 nitrogen and oxygen atoms in total. The molecule has 0 spiro atoms. The van der Waals surface area contributed by atoms with Crippen molar-refractivity contribution in [1.29, 1.82) is 0 Å². The third-order valence-electron chi connectivity index (χ3n) is 4.63. The molecule has 1 N–H and O–H groups in total. The third kappa shape index (κ3) is 3.47. The first-order chi connectivity index (χ1) is 12.3. The first kappa shape index (κ1) is 18.5. The molecule has 1 aromatic carbocycles. The fraction of sp³-hybridized carbons (Fsp3) is 0.389. The predicted molar refractivity (Wildman–Crippen MR) is 98.5 cm³/mol. The van der Waals surface area contributed by atoms with Gasteiger partial charge in [0, 0.05) is 29.9 Å². The van der Waals surface area contributed by atoms with Gasteiger partial charge in [0.15, 0.2) is 0 Å².